The van der Waals surface area contributed by atoms with Crippen LogP contribution in [0.5, 0.6) is 0 Å². The third-order valence-corrected chi connectivity index (χ3v) is 2.47. The van der Waals surface area contributed by atoms with Crippen molar-refractivity contribution < 1.29 is 9.90 Å². The molecule has 0 radical (unpaired) electrons. The van der Waals surface area contributed by atoms with Crippen LogP contribution in [0.25, 0.3) is 0 Å². The summed E-state index contributed by atoms with van der Waals surface area (Å²) in [4.78, 5) is 15.0. The summed E-state index contributed by atoms with van der Waals surface area (Å²) < 4.78 is 0. The number of hydrogen-bond donors (Lipinski definition) is 1. The highest BCUT2D eigenvalue weighted by Gasteiger charge is 2.15. The van der Waals surface area contributed by atoms with Crippen molar-refractivity contribution in [2.75, 3.05) is 0 Å². The lowest BCUT2D eigenvalue weighted by Crippen LogP contribution is -2.14. The van der Waals surface area contributed by atoms with E-state index in [0.717, 1.165) is 11.3 Å². The fraction of sp³-hybridized carbons (Fsp3) is 0.500. The van der Waals surface area contributed by atoms with Gasteiger partial charge in [0.2, 0.25) is 0 Å². The minimum absolute atomic E-state index is 0.377. The molecule has 0 fully saturated rings. The molecule has 0 saturated heterocycles. The lowest BCUT2D eigenvalue weighted by atomic mass is 9.96. The van der Waals surface area contributed by atoms with Gasteiger partial charge < -0.3 is 5.11 Å². The maximum absolute atomic E-state index is 10.8. The number of aliphatic carboxylic acids is 1. The van der Waals surface area contributed by atoms with Crippen LogP contribution < -0.4 is 0 Å². The van der Waals surface area contributed by atoms with Gasteiger partial charge in [-0.05, 0) is 17.5 Å². The minimum Gasteiger partial charge on any atom is -0.481 e. The van der Waals surface area contributed by atoms with Crippen LogP contribution in [0.15, 0.2) is 18.3 Å². The van der Waals surface area contributed by atoms with Crippen molar-refractivity contribution in [3.63, 3.8) is 0 Å². The average Bonchev–Trinajstić information content (AvgIpc) is 2.18. The number of rotatable bonds is 4. The normalized spacial score (nSPS) is 12.8. The summed E-state index contributed by atoms with van der Waals surface area (Å²) >= 11 is 0. The van der Waals surface area contributed by atoms with E-state index in [1.807, 2.05) is 12.1 Å². The summed E-state index contributed by atoms with van der Waals surface area (Å²) in [5.41, 5.74) is 2.05. The Labute approximate surface area is 90.2 Å². The van der Waals surface area contributed by atoms with Crippen LogP contribution in [0.4, 0.5) is 0 Å². The monoisotopic (exact) mass is 207 g/mol. The lowest BCUT2D eigenvalue weighted by Gasteiger charge is -2.12. The SMILES string of the molecule is CC(Cc1ncccc1C(C)C)C(=O)O. The van der Waals surface area contributed by atoms with Gasteiger partial charge in [-0.15, -0.1) is 0 Å². The summed E-state index contributed by atoms with van der Waals surface area (Å²) in [7, 11) is 0. The summed E-state index contributed by atoms with van der Waals surface area (Å²) in [6, 6.07) is 3.91. The third-order valence-electron chi connectivity index (χ3n) is 2.47. The van der Waals surface area contributed by atoms with E-state index in [4.69, 9.17) is 5.11 Å². The van der Waals surface area contributed by atoms with Gasteiger partial charge in [-0.25, -0.2) is 0 Å². The van der Waals surface area contributed by atoms with Gasteiger partial charge in [-0.2, -0.15) is 0 Å². The smallest absolute Gasteiger partial charge is 0.306 e. The van der Waals surface area contributed by atoms with Crippen LogP contribution in [0, 0.1) is 5.92 Å². The van der Waals surface area contributed by atoms with E-state index in [1.54, 1.807) is 13.1 Å². The first kappa shape index (κ1) is 11.7. The second-order valence-corrected chi connectivity index (χ2v) is 4.14. The topological polar surface area (TPSA) is 50.2 Å². The van der Waals surface area contributed by atoms with E-state index in [2.05, 4.69) is 18.8 Å². The van der Waals surface area contributed by atoms with E-state index >= 15 is 0 Å². The molecule has 0 amide bonds. The van der Waals surface area contributed by atoms with Crippen molar-refractivity contribution in [1.29, 1.82) is 0 Å². The Morgan fingerprint density at radius 1 is 1.47 bits per heavy atom. The number of pyridine rings is 1. The first-order valence-electron chi connectivity index (χ1n) is 5.19. The van der Waals surface area contributed by atoms with E-state index in [-0.39, 0.29) is 5.92 Å². The van der Waals surface area contributed by atoms with Gasteiger partial charge in [0.25, 0.3) is 0 Å². The van der Waals surface area contributed by atoms with E-state index < -0.39 is 5.97 Å². The van der Waals surface area contributed by atoms with E-state index in [1.165, 1.54) is 0 Å². The Balaban J connectivity index is 2.89. The number of hydrogen-bond acceptors (Lipinski definition) is 2. The second kappa shape index (κ2) is 4.91. The number of nitrogens with zero attached hydrogens (tertiary/aromatic N) is 1. The third kappa shape index (κ3) is 3.05. The van der Waals surface area contributed by atoms with Gasteiger partial charge in [0, 0.05) is 18.3 Å². The summed E-state index contributed by atoms with van der Waals surface area (Å²) in [5, 5.41) is 8.85. The predicted octanol–water partition coefficient (Wildman–Crippen LogP) is 2.47. The van der Waals surface area contributed by atoms with Gasteiger partial charge in [0.1, 0.15) is 0 Å². The highest BCUT2D eigenvalue weighted by atomic mass is 16.4. The molecular formula is C12H17NO2. The zero-order valence-electron chi connectivity index (χ0n) is 9.40. The zero-order valence-corrected chi connectivity index (χ0v) is 9.40. The van der Waals surface area contributed by atoms with Crippen LogP contribution in [-0.2, 0) is 11.2 Å². The Morgan fingerprint density at radius 2 is 2.13 bits per heavy atom. The molecule has 0 bridgehead atoms. The number of carboxylic acids is 1. The molecule has 0 aliphatic heterocycles. The molecule has 0 spiro atoms. The van der Waals surface area contributed by atoms with Gasteiger partial charge in [-0.3, -0.25) is 9.78 Å². The molecule has 0 saturated carbocycles. The van der Waals surface area contributed by atoms with Crippen LogP contribution in [-0.4, -0.2) is 16.1 Å². The van der Waals surface area contributed by atoms with Gasteiger partial charge in [0.05, 0.1) is 5.92 Å². The molecule has 1 atom stereocenters. The molecular weight excluding hydrogens is 190 g/mol. The van der Waals surface area contributed by atoms with Crippen LogP contribution in [0.2, 0.25) is 0 Å². The predicted molar refractivity (Wildman–Crippen MR) is 58.8 cm³/mol. The molecule has 15 heavy (non-hydrogen) atoms. The molecule has 1 N–H and O–H groups in total. The van der Waals surface area contributed by atoms with Gasteiger partial charge >= 0.3 is 5.97 Å². The molecule has 0 aliphatic rings. The number of carboxylic acid groups (broad SMARTS) is 1. The van der Waals surface area contributed by atoms with Crippen molar-refractivity contribution in [1.82, 2.24) is 4.98 Å². The molecule has 3 nitrogen and oxygen atoms in total. The van der Waals surface area contributed by atoms with Crippen molar-refractivity contribution in [3.8, 4) is 0 Å². The maximum Gasteiger partial charge on any atom is 0.306 e. The van der Waals surface area contributed by atoms with E-state index in [9.17, 15) is 4.79 Å². The Hall–Kier alpha value is -1.38. The summed E-state index contributed by atoms with van der Waals surface area (Å²) in [5.74, 6) is -0.762. The standard InChI is InChI=1S/C12H17NO2/c1-8(2)10-5-4-6-13-11(10)7-9(3)12(14)15/h4-6,8-9H,7H2,1-3H3,(H,14,15). The van der Waals surface area contributed by atoms with Crippen LogP contribution >= 0.6 is 0 Å². The molecule has 1 aromatic rings. The quantitative estimate of drug-likeness (QED) is 0.825. The first-order chi connectivity index (χ1) is 7.02. The summed E-state index contributed by atoms with van der Waals surface area (Å²) in [6.45, 7) is 5.89. The van der Waals surface area contributed by atoms with Crippen LogP contribution in [0.1, 0.15) is 37.9 Å². The second-order valence-electron chi connectivity index (χ2n) is 4.14. The highest BCUT2D eigenvalue weighted by Crippen LogP contribution is 2.19. The molecule has 0 aliphatic carbocycles. The highest BCUT2D eigenvalue weighted by molar-refractivity contribution is 5.69. The van der Waals surface area contributed by atoms with Crippen molar-refractivity contribution >= 4 is 5.97 Å². The minimum atomic E-state index is -0.768. The fourth-order valence-electron chi connectivity index (χ4n) is 1.52. The molecule has 0 aromatic carbocycles. The molecule has 1 rings (SSSR count). The molecule has 82 valence electrons. The molecule has 1 aromatic heterocycles. The first-order valence-corrected chi connectivity index (χ1v) is 5.19. The Morgan fingerprint density at radius 3 is 2.67 bits per heavy atom. The van der Waals surface area contributed by atoms with Gasteiger partial charge in [-0.1, -0.05) is 26.8 Å². The lowest BCUT2D eigenvalue weighted by molar-refractivity contribution is -0.141. The van der Waals surface area contributed by atoms with Crippen molar-refractivity contribution in [2.24, 2.45) is 5.92 Å². The summed E-state index contributed by atoms with van der Waals surface area (Å²) in [6.07, 6.45) is 2.22. The van der Waals surface area contributed by atoms with Gasteiger partial charge in [0.15, 0.2) is 0 Å². The average molecular weight is 207 g/mol. The van der Waals surface area contributed by atoms with E-state index in [0.29, 0.717) is 12.3 Å². The Kier molecular flexibility index (Phi) is 3.83. The number of aromatic nitrogens is 1. The largest absolute Gasteiger partial charge is 0.481 e. The molecule has 1 heterocycles. The molecule has 3 heteroatoms. The Bertz CT molecular complexity index is 347. The fourth-order valence-corrected chi connectivity index (χ4v) is 1.52. The zero-order chi connectivity index (χ0) is 11.4. The molecule has 1 unspecified atom stereocenters. The maximum atomic E-state index is 10.8. The number of carbonyl (C=O) groups is 1. The van der Waals surface area contributed by atoms with Crippen LogP contribution in [0.3, 0.4) is 0 Å². The van der Waals surface area contributed by atoms with Crippen molar-refractivity contribution in [2.45, 2.75) is 33.1 Å². The van der Waals surface area contributed by atoms with Crippen molar-refractivity contribution in [3.05, 3.63) is 29.6 Å².